The Balaban J connectivity index is 0.00000348. The van der Waals surface area contributed by atoms with E-state index in [1.54, 1.807) is 0 Å². The van der Waals surface area contributed by atoms with Gasteiger partial charge in [0.25, 0.3) is 0 Å². The van der Waals surface area contributed by atoms with Crippen LogP contribution in [0.2, 0.25) is 0 Å². The van der Waals surface area contributed by atoms with Crippen LogP contribution in [0.15, 0.2) is 152 Å². The molecule has 236 valence electrons. The minimum absolute atomic E-state index is 0. The first-order valence-electron chi connectivity index (χ1n) is 16.2. The molecule has 0 aliphatic carbocycles. The number of hydrogen-bond donors (Lipinski definition) is 1. The van der Waals surface area contributed by atoms with E-state index < -0.39 is 0 Å². The van der Waals surface area contributed by atoms with Gasteiger partial charge in [-0.3, -0.25) is 0 Å². The quantitative estimate of drug-likeness (QED) is 0.192. The summed E-state index contributed by atoms with van der Waals surface area (Å²) >= 11 is 0. The first-order chi connectivity index (χ1) is 23.8. The van der Waals surface area contributed by atoms with E-state index in [9.17, 15) is 0 Å². The molecule has 8 bridgehead atoms. The van der Waals surface area contributed by atoms with Gasteiger partial charge < -0.3 is 9.55 Å². The predicted molar refractivity (Wildman–Crippen MR) is 200 cm³/mol. The van der Waals surface area contributed by atoms with E-state index in [1.807, 2.05) is 0 Å². The minimum Gasteiger partial charge on any atom is -0.355 e. The fourth-order valence-electron chi connectivity index (χ4n) is 6.81. The molecule has 7 aromatic rings. The van der Waals surface area contributed by atoms with Crippen LogP contribution < -0.4 is 0 Å². The molecule has 0 amide bonds. The number of nitrogens with zero attached hydrogens (tertiary/aromatic N) is 3. The van der Waals surface area contributed by atoms with Crippen LogP contribution in [0.3, 0.4) is 0 Å². The third kappa shape index (κ3) is 5.71. The van der Waals surface area contributed by atoms with Crippen molar-refractivity contribution in [3.05, 3.63) is 174 Å². The zero-order chi connectivity index (χ0) is 31.9. The summed E-state index contributed by atoms with van der Waals surface area (Å²) in [7, 11) is 0. The van der Waals surface area contributed by atoms with Gasteiger partial charge >= 0.3 is 0 Å². The molecule has 4 aromatic carbocycles. The number of hydrogen-bond acceptors (Lipinski definition) is 2. The molecule has 0 radical (unpaired) electrons. The molecule has 5 heterocycles. The molecule has 9 rings (SSSR count). The smallest absolute Gasteiger partial charge is 0.0737 e. The van der Waals surface area contributed by atoms with Crippen molar-refractivity contribution in [1.29, 1.82) is 0 Å². The molecule has 5 heteroatoms. The molecule has 0 fully saturated rings. The average Bonchev–Trinajstić information content (AvgIpc) is 3.95. The van der Waals surface area contributed by atoms with Gasteiger partial charge in [-0.2, -0.15) is 0 Å². The normalized spacial score (nSPS) is 11.8. The van der Waals surface area contributed by atoms with Crippen LogP contribution in [0, 0.1) is 0 Å². The van der Waals surface area contributed by atoms with Crippen LogP contribution in [0.5, 0.6) is 0 Å². The van der Waals surface area contributed by atoms with Crippen LogP contribution >= 0.6 is 0 Å². The van der Waals surface area contributed by atoms with Crippen molar-refractivity contribution in [3.8, 4) is 39.1 Å². The molecule has 2 aliphatic heterocycles. The molecule has 0 saturated carbocycles. The summed E-state index contributed by atoms with van der Waals surface area (Å²) in [6.45, 7) is 0. The second-order valence-electron chi connectivity index (χ2n) is 12.0. The number of nitrogens with one attached hydrogen (secondary N) is 1. The maximum absolute atomic E-state index is 5.29. The molecule has 0 spiro atoms. The van der Waals surface area contributed by atoms with Crippen molar-refractivity contribution in [2.45, 2.75) is 0 Å². The van der Waals surface area contributed by atoms with Crippen LogP contribution in [0.4, 0.5) is 0 Å². The zero-order valence-electron chi connectivity index (χ0n) is 26.4. The standard InChI is InChI=1S/C44H30N4.Pt/c1-5-13-30(14-6-1)41-39-26-25-36(47-39)28-35-22-21-33(45-35)27-34-23-24-37(46-34)29-40-42(31-15-7-2-8-16-31)43(32-17-9-3-10-18-32)44(41)48(40)38-19-11-4-12-20-38;/h1-29,45H;. The summed E-state index contributed by atoms with van der Waals surface area (Å²) < 4.78 is 2.41. The molecule has 3 aromatic heterocycles. The van der Waals surface area contributed by atoms with E-state index in [0.29, 0.717) is 0 Å². The van der Waals surface area contributed by atoms with Gasteiger partial charge in [0.2, 0.25) is 0 Å². The maximum Gasteiger partial charge on any atom is 0.0737 e. The van der Waals surface area contributed by atoms with Crippen LogP contribution in [-0.4, -0.2) is 19.5 Å². The van der Waals surface area contributed by atoms with E-state index in [4.69, 9.17) is 9.97 Å². The Bertz CT molecular complexity index is 2530. The largest absolute Gasteiger partial charge is 0.355 e. The monoisotopic (exact) mass is 809 g/mol. The van der Waals surface area contributed by atoms with Gasteiger partial charge in [-0.15, -0.1) is 0 Å². The van der Waals surface area contributed by atoms with Crippen LogP contribution in [0.25, 0.3) is 85.4 Å². The third-order valence-corrected chi connectivity index (χ3v) is 8.87. The number of fused-ring (bicyclic) bond motifs is 8. The molecule has 1 N–H and O–H groups in total. The number of H-pyrrole nitrogens is 1. The molecule has 0 unspecified atom stereocenters. The number of para-hydroxylation sites is 1. The number of aromatic nitrogens is 4. The molecule has 0 atom stereocenters. The molecular formula is C44H30N4Pt. The Labute approximate surface area is 299 Å². The average molecular weight is 810 g/mol. The Morgan fingerprint density at radius 3 is 1.49 bits per heavy atom. The first kappa shape index (κ1) is 30.5. The van der Waals surface area contributed by atoms with Gasteiger partial charge in [-0.05, 0) is 83.5 Å². The summed E-state index contributed by atoms with van der Waals surface area (Å²) in [6, 6.07) is 53.3. The number of rotatable bonds is 4. The van der Waals surface area contributed by atoms with Gasteiger partial charge in [-0.1, -0.05) is 109 Å². The fraction of sp³-hybridized carbons (Fsp3) is 0. The number of aromatic amines is 1. The van der Waals surface area contributed by atoms with Crippen LogP contribution in [0.1, 0.15) is 22.8 Å². The van der Waals surface area contributed by atoms with E-state index >= 15 is 0 Å². The van der Waals surface area contributed by atoms with E-state index in [1.165, 1.54) is 0 Å². The summed E-state index contributed by atoms with van der Waals surface area (Å²) in [4.78, 5) is 13.9. The maximum atomic E-state index is 5.29. The van der Waals surface area contributed by atoms with Crippen molar-refractivity contribution in [2.75, 3.05) is 0 Å². The van der Waals surface area contributed by atoms with Crippen molar-refractivity contribution in [3.63, 3.8) is 0 Å². The Morgan fingerprint density at radius 2 is 0.898 bits per heavy atom. The third-order valence-electron chi connectivity index (χ3n) is 8.87. The van der Waals surface area contributed by atoms with Gasteiger partial charge in [0.05, 0.1) is 33.8 Å². The number of benzene rings is 4. The van der Waals surface area contributed by atoms with Crippen molar-refractivity contribution in [2.24, 2.45) is 0 Å². The van der Waals surface area contributed by atoms with E-state index in [0.717, 1.165) is 83.9 Å². The first-order valence-corrected chi connectivity index (χ1v) is 16.2. The summed E-state index contributed by atoms with van der Waals surface area (Å²) in [5.41, 5.74) is 15.4. The molecule has 0 saturated heterocycles. The fourth-order valence-corrected chi connectivity index (χ4v) is 6.81. The van der Waals surface area contributed by atoms with Gasteiger partial charge in [0.15, 0.2) is 0 Å². The minimum atomic E-state index is 0. The van der Waals surface area contributed by atoms with Gasteiger partial charge in [-0.25, -0.2) is 9.97 Å². The Morgan fingerprint density at radius 1 is 0.429 bits per heavy atom. The molecule has 4 nitrogen and oxygen atoms in total. The van der Waals surface area contributed by atoms with Gasteiger partial charge in [0.1, 0.15) is 0 Å². The second-order valence-corrected chi connectivity index (χ2v) is 12.0. The van der Waals surface area contributed by atoms with Crippen LogP contribution in [-0.2, 0) is 21.1 Å². The second kappa shape index (κ2) is 13.0. The Hall–Kier alpha value is -5.83. The zero-order valence-corrected chi connectivity index (χ0v) is 28.7. The SMILES string of the molecule is C1=Cc2cc3c(-c4ccccc4)c(-c4ccccc4)c(c(-c4ccccc4)c4nc(cc5ccc(cc1n2)[nH]5)C=C4)n3-c1ccccc1.[Pt]. The topological polar surface area (TPSA) is 46.5 Å². The summed E-state index contributed by atoms with van der Waals surface area (Å²) in [5, 5.41) is 0. The van der Waals surface area contributed by atoms with Crippen molar-refractivity contribution >= 4 is 46.4 Å². The van der Waals surface area contributed by atoms with Crippen molar-refractivity contribution in [1.82, 2.24) is 19.5 Å². The van der Waals surface area contributed by atoms with E-state index in [-0.39, 0.29) is 21.1 Å². The Kier molecular flexibility index (Phi) is 8.09. The molecule has 49 heavy (non-hydrogen) atoms. The summed E-state index contributed by atoms with van der Waals surface area (Å²) in [6.07, 6.45) is 8.44. The molecule has 2 aliphatic rings. The predicted octanol–water partition coefficient (Wildman–Crippen LogP) is 11.1. The van der Waals surface area contributed by atoms with Gasteiger partial charge in [0, 0.05) is 54.5 Å². The van der Waals surface area contributed by atoms with E-state index in [2.05, 4.69) is 186 Å². The van der Waals surface area contributed by atoms with Crippen molar-refractivity contribution < 1.29 is 21.1 Å². The summed E-state index contributed by atoms with van der Waals surface area (Å²) in [5.74, 6) is 0. The molecular weight excluding hydrogens is 780 g/mol.